The summed E-state index contributed by atoms with van der Waals surface area (Å²) in [6.07, 6.45) is -5.70. The van der Waals surface area contributed by atoms with Crippen LogP contribution in [0.25, 0.3) is 0 Å². The average Bonchev–Trinajstić information content (AvgIpc) is 3.20. The second-order valence-electron chi connectivity index (χ2n) is 14.9. The maximum Gasteiger partial charge on any atom is 0.338 e. The molecule has 0 fully saturated rings. The van der Waals surface area contributed by atoms with E-state index in [1.807, 2.05) is 79.7 Å². The Morgan fingerprint density at radius 3 is 1.06 bits per heavy atom. The van der Waals surface area contributed by atoms with Crippen molar-refractivity contribution in [3.05, 3.63) is 140 Å². The summed E-state index contributed by atoms with van der Waals surface area (Å²) in [6, 6.07) is 21.0. The van der Waals surface area contributed by atoms with Crippen LogP contribution in [0, 0.1) is 55.4 Å². The molecule has 0 N–H and O–H groups in total. The molecule has 4 rings (SSSR count). The van der Waals surface area contributed by atoms with Crippen LogP contribution in [0.15, 0.2) is 78.0 Å². The molecule has 6 atom stereocenters. The standard InChI is InChI=1S/C24H27BrFNO5.C23H24BrFO5/c1-14-6-15(2)9-18(8-14)23(28)31-13-20(25)22(21(26)12-27-30-5)32-24(29)19-10-16(3)7-17(4)11-19;1-13-5-14(2)8-17(7-13)22(27)29-12-19(24)21(20(25)11-26)30-23(28)18-9-15(3)6-16(4)10-18/h6-12,20-22H,13H2,1-5H3;5-11,19-21H,12H2,1-4H3/t20-,21+,22+;19-,20+,21+/m00/s1. The second kappa shape index (κ2) is 24.4. The van der Waals surface area contributed by atoms with E-state index in [0.29, 0.717) is 16.7 Å². The van der Waals surface area contributed by atoms with E-state index >= 15 is 0 Å². The van der Waals surface area contributed by atoms with Crippen LogP contribution in [-0.2, 0) is 28.6 Å². The van der Waals surface area contributed by atoms with Gasteiger partial charge in [0.25, 0.3) is 0 Å². The lowest BCUT2D eigenvalue weighted by Gasteiger charge is -2.24. The first-order valence-electron chi connectivity index (χ1n) is 19.4. The predicted molar refractivity (Wildman–Crippen MR) is 239 cm³/mol. The van der Waals surface area contributed by atoms with E-state index in [9.17, 15) is 32.8 Å². The van der Waals surface area contributed by atoms with Crippen LogP contribution in [0.3, 0.4) is 0 Å². The van der Waals surface area contributed by atoms with E-state index in [1.54, 1.807) is 48.5 Å². The molecule has 0 aromatic heterocycles. The smallest absolute Gasteiger partial charge is 0.338 e. The molecule has 11 nitrogen and oxygen atoms in total. The van der Waals surface area contributed by atoms with Crippen LogP contribution in [0.4, 0.5) is 8.78 Å². The number of alkyl halides is 4. The summed E-state index contributed by atoms with van der Waals surface area (Å²) >= 11 is 6.49. The highest BCUT2D eigenvalue weighted by molar-refractivity contribution is 9.09. The summed E-state index contributed by atoms with van der Waals surface area (Å²) in [5.74, 6) is -2.60. The topological polar surface area (TPSA) is 144 Å². The maximum atomic E-state index is 14.8. The Morgan fingerprint density at radius 2 is 0.790 bits per heavy atom. The Bertz CT molecular complexity index is 2170. The van der Waals surface area contributed by atoms with Crippen molar-refractivity contribution in [2.45, 2.75) is 89.6 Å². The molecule has 0 saturated carbocycles. The van der Waals surface area contributed by atoms with Gasteiger partial charge >= 0.3 is 23.9 Å². The number of aldehydes is 1. The fraction of sp³-hybridized carbons (Fsp3) is 0.362. The van der Waals surface area contributed by atoms with Crippen LogP contribution in [0.2, 0.25) is 0 Å². The van der Waals surface area contributed by atoms with Crippen molar-refractivity contribution in [1.82, 2.24) is 0 Å². The zero-order valence-corrected chi connectivity index (χ0v) is 39.2. The van der Waals surface area contributed by atoms with E-state index in [1.165, 1.54) is 7.11 Å². The van der Waals surface area contributed by atoms with E-state index in [-0.39, 0.29) is 25.1 Å². The van der Waals surface area contributed by atoms with Crippen LogP contribution in [0.5, 0.6) is 0 Å². The number of esters is 4. The fourth-order valence-electron chi connectivity index (χ4n) is 6.38. The van der Waals surface area contributed by atoms with E-state index in [4.69, 9.17) is 18.9 Å². The first-order chi connectivity index (χ1) is 29.2. The highest BCUT2D eigenvalue weighted by atomic mass is 79.9. The fourth-order valence-corrected chi connectivity index (χ4v) is 7.44. The van der Waals surface area contributed by atoms with Gasteiger partial charge in [0.1, 0.15) is 20.3 Å². The minimum atomic E-state index is -2.08. The van der Waals surface area contributed by atoms with Gasteiger partial charge in [-0.2, -0.15) is 0 Å². The number of oxime groups is 1. The van der Waals surface area contributed by atoms with Crippen LogP contribution >= 0.6 is 31.9 Å². The third kappa shape index (κ3) is 16.2. The molecule has 0 bridgehead atoms. The molecule has 0 amide bonds. The van der Waals surface area contributed by atoms with E-state index < -0.39 is 58.1 Å². The molecular weight excluding hydrogens is 936 g/mol. The molecule has 0 spiro atoms. The SMILES string of the molecule is CON=C[C@@H](F)[C@H](OC(=O)c1cc(C)cc(C)c1)[C@@H](Br)COC(=O)c1cc(C)cc(C)c1.Cc1cc(C)cc(C(=O)OC[C@H](Br)[C@@H](OC(=O)c2cc(C)cc(C)c2)[C@H](F)C=O)c1. The predicted octanol–water partition coefficient (Wildman–Crippen LogP) is 9.64. The summed E-state index contributed by atoms with van der Waals surface area (Å²) in [5, 5.41) is 3.43. The van der Waals surface area contributed by atoms with Gasteiger partial charge in [-0.15, -0.1) is 0 Å². The van der Waals surface area contributed by atoms with Gasteiger partial charge in [-0.3, -0.25) is 4.79 Å². The number of carbonyl (C=O) groups is 5. The van der Waals surface area contributed by atoms with Crippen molar-refractivity contribution in [1.29, 1.82) is 0 Å². The Labute approximate surface area is 377 Å². The van der Waals surface area contributed by atoms with Gasteiger partial charge in [0, 0.05) is 0 Å². The van der Waals surface area contributed by atoms with E-state index in [0.717, 1.165) is 50.7 Å². The number of benzene rings is 4. The summed E-state index contributed by atoms with van der Waals surface area (Å²) in [7, 11) is 1.27. The molecule has 0 aliphatic rings. The number of rotatable bonds is 17. The van der Waals surface area contributed by atoms with E-state index in [2.05, 4.69) is 41.9 Å². The van der Waals surface area contributed by atoms with Crippen molar-refractivity contribution < 1.29 is 56.5 Å². The van der Waals surface area contributed by atoms with Crippen LogP contribution < -0.4 is 0 Å². The Hall–Kier alpha value is -5.28. The summed E-state index contributed by atoms with van der Waals surface area (Å²) in [6.45, 7) is 14.3. The zero-order valence-electron chi connectivity index (χ0n) is 36.0. The summed E-state index contributed by atoms with van der Waals surface area (Å²) in [4.78, 5) is 63.7. The Kier molecular flexibility index (Phi) is 20.1. The molecule has 0 radical (unpaired) electrons. The molecule has 0 aliphatic carbocycles. The molecule has 0 saturated heterocycles. The van der Waals surface area contributed by atoms with Crippen LogP contribution in [-0.4, -0.2) is 90.9 Å². The third-order valence-corrected chi connectivity index (χ3v) is 10.4. The Balaban J connectivity index is 0.000000331. The van der Waals surface area contributed by atoms with Gasteiger partial charge in [-0.25, -0.2) is 28.0 Å². The van der Waals surface area contributed by atoms with Crippen molar-refractivity contribution in [2.75, 3.05) is 20.3 Å². The molecule has 62 heavy (non-hydrogen) atoms. The van der Waals surface area contributed by atoms with Crippen LogP contribution in [0.1, 0.15) is 85.9 Å². The first-order valence-corrected chi connectivity index (χ1v) is 21.2. The zero-order chi connectivity index (χ0) is 46.3. The van der Waals surface area contributed by atoms with Gasteiger partial charge in [-0.05, 0) is 104 Å². The number of carbonyl (C=O) groups excluding carboxylic acids is 5. The number of aryl methyl sites for hydroxylation is 8. The number of hydrogen-bond acceptors (Lipinski definition) is 11. The quantitative estimate of drug-likeness (QED) is 0.0251. The van der Waals surface area contributed by atoms with Crippen molar-refractivity contribution in [2.24, 2.45) is 5.16 Å². The third-order valence-electron chi connectivity index (χ3n) is 8.84. The summed E-state index contributed by atoms with van der Waals surface area (Å²) in [5.41, 5.74) is 8.42. The number of hydrogen-bond donors (Lipinski definition) is 0. The highest BCUT2D eigenvalue weighted by Gasteiger charge is 2.34. The molecule has 0 aliphatic heterocycles. The van der Waals surface area contributed by atoms with Gasteiger partial charge < -0.3 is 23.8 Å². The van der Waals surface area contributed by atoms with Gasteiger partial charge in [0.15, 0.2) is 30.8 Å². The van der Waals surface area contributed by atoms with Crippen molar-refractivity contribution >= 4 is 68.2 Å². The molecular formula is C47H51Br2F2NO10. The monoisotopic (exact) mass is 985 g/mol. The average molecular weight is 988 g/mol. The lowest BCUT2D eigenvalue weighted by atomic mass is 10.1. The minimum Gasteiger partial charge on any atom is -0.461 e. The minimum absolute atomic E-state index is 0.0550. The molecule has 4 aromatic rings. The number of ether oxygens (including phenoxy) is 4. The number of nitrogens with zero attached hydrogens (tertiary/aromatic N) is 1. The van der Waals surface area contributed by atoms with Gasteiger partial charge in [0.2, 0.25) is 0 Å². The largest absolute Gasteiger partial charge is 0.461 e. The normalized spacial score (nSPS) is 13.9. The Morgan fingerprint density at radius 1 is 0.516 bits per heavy atom. The molecule has 332 valence electrons. The van der Waals surface area contributed by atoms with Gasteiger partial charge in [-0.1, -0.05) is 106 Å². The lowest BCUT2D eigenvalue weighted by Crippen LogP contribution is -2.39. The summed E-state index contributed by atoms with van der Waals surface area (Å²) < 4.78 is 50.3. The first kappa shape index (κ1) is 51.1. The van der Waals surface area contributed by atoms with Crippen molar-refractivity contribution in [3.8, 4) is 0 Å². The second-order valence-corrected chi connectivity index (χ2v) is 17.3. The van der Waals surface area contributed by atoms with Gasteiger partial charge in [0.05, 0.1) is 38.1 Å². The lowest BCUT2D eigenvalue weighted by molar-refractivity contribution is -0.115. The van der Waals surface area contributed by atoms with Crippen molar-refractivity contribution in [3.63, 3.8) is 0 Å². The highest BCUT2D eigenvalue weighted by Crippen LogP contribution is 2.22. The molecule has 0 unspecified atom stereocenters. The maximum absolute atomic E-state index is 14.8. The molecule has 0 heterocycles. The number of halogens is 4. The molecule has 4 aromatic carbocycles. The molecule has 15 heteroatoms.